The molecular formula is C20H13FO2S. The van der Waals surface area contributed by atoms with Gasteiger partial charge in [-0.1, -0.05) is 72.8 Å². The first kappa shape index (κ1) is 14.1. The van der Waals surface area contributed by atoms with Crippen LogP contribution in [0.3, 0.4) is 0 Å². The first-order valence-corrected chi connectivity index (χ1v) is 8.83. The minimum atomic E-state index is -2.24. The van der Waals surface area contributed by atoms with Gasteiger partial charge in [0.25, 0.3) is 0 Å². The minimum absolute atomic E-state index is 0.463. The lowest BCUT2D eigenvalue weighted by Gasteiger charge is -2.51. The zero-order valence-corrected chi connectivity index (χ0v) is 13.4. The van der Waals surface area contributed by atoms with Gasteiger partial charge in [0.1, 0.15) is 4.75 Å². The van der Waals surface area contributed by atoms with Crippen molar-refractivity contribution in [1.82, 2.24) is 0 Å². The summed E-state index contributed by atoms with van der Waals surface area (Å²) in [5, 5.41) is 0. The molecule has 0 spiro atoms. The van der Waals surface area contributed by atoms with Crippen LogP contribution in [0.1, 0.15) is 33.4 Å². The van der Waals surface area contributed by atoms with Crippen molar-refractivity contribution < 1.29 is 13.2 Å². The Bertz CT molecular complexity index is 909. The van der Waals surface area contributed by atoms with Gasteiger partial charge in [0.15, 0.2) is 16.7 Å². The summed E-state index contributed by atoms with van der Waals surface area (Å²) in [7, 11) is 0. The highest BCUT2D eigenvalue weighted by Gasteiger charge is 2.62. The molecule has 0 saturated carbocycles. The predicted octanol–water partition coefficient (Wildman–Crippen LogP) is 4.09. The lowest BCUT2D eigenvalue weighted by atomic mass is 9.59. The SMILES string of the molecule is O=S(O)C12c3ccccc3C(F)(c3ccccc31)c1ccccc12. The maximum atomic E-state index is 16.6. The lowest BCUT2D eigenvalue weighted by Crippen LogP contribution is -2.50. The molecule has 1 unspecified atom stereocenters. The molecule has 2 nitrogen and oxygen atoms in total. The summed E-state index contributed by atoms with van der Waals surface area (Å²) in [4.78, 5) is 0. The fraction of sp³-hybridized carbons (Fsp3) is 0.100. The van der Waals surface area contributed by atoms with Crippen LogP contribution in [-0.2, 0) is 21.5 Å². The van der Waals surface area contributed by atoms with Crippen LogP contribution in [0.15, 0.2) is 72.8 Å². The number of benzene rings is 3. The first-order chi connectivity index (χ1) is 11.6. The van der Waals surface area contributed by atoms with Crippen LogP contribution in [0.25, 0.3) is 0 Å². The normalized spacial score (nSPS) is 27.1. The van der Waals surface area contributed by atoms with E-state index in [1.807, 2.05) is 0 Å². The summed E-state index contributed by atoms with van der Waals surface area (Å²) in [5.41, 5.74) is 1.31. The molecular weight excluding hydrogens is 323 g/mol. The van der Waals surface area contributed by atoms with Gasteiger partial charge in [-0.3, -0.25) is 0 Å². The van der Waals surface area contributed by atoms with Gasteiger partial charge >= 0.3 is 0 Å². The number of alkyl halides is 1. The number of rotatable bonds is 1. The van der Waals surface area contributed by atoms with Crippen LogP contribution in [0.5, 0.6) is 0 Å². The van der Waals surface area contributed by atoms with E-state index in [0.717, 1.165) is 0 Å². The second-order valence-corrected chi connectivity index (χ2v) is 7.34. The van der Waals surface area contributed by atoms with E-state index < -0.39 is 21.5 Å². The van der Waals surface area contributed by atoms with Crippen LogP contribution in [0, 0.1) is 0 Å². The highest BCUT2D eigenvalue weighted by Crippen LogP contribution is 2.63. The highest BCUT2D eigenvalue weighted by molar-refractivity contribution is 7.80. The topological polar surface area (TPSA) is 37.3 Å². The molecule has 0 fully saturated rings. The van der Waals surface area contributed by atoms with Crippen molar-refractivity contribution in [2.75, 3.05) is 0 Å². The molecule has 6 rings (SSSR count). The Morgan fingerprint density at radius 3 is 1.25 bits per heavy atom. The Morgan fingerprint density at radius 1 is 0.667 bits per heavy atom. The second-order valence-electron chi connectivity index (χ2n) is 6.23. The Labute approximate surface area is 141 Å². The molecule has 0 heterocycles. The quantitative estimate of drug-likeness (QED) is 0.680. The van der Waals surface area contributed by atoms with E-state index in [1.165, 1.54) is 0 Å². The van der Waals surface area contributed by atoms with E-state index in [0.29, 0.717) is 33.4 Å². The molecule has 3 aromatic carbocycles. The molecule has 0 radical (unpaired) electrons. The van der Waals surface area contributed by atoms with E-state index in [1.54, 1.807) is 72.8 Å². The van der Waals surface area contributed by atoms with Gasteiger partial charge in [0, 0.05) is 16.7 Å². The Kier molecular flexibility index (Phi) is 2.58. The molecule has 24 heavy (non-hydrogen) atoms. The van der Waals surface area contributed by atoms with E-state index in [9.17, 15) is 8.76 Å². The van der Waals surface area contributed by atoms with E-state index in [-0.39, 0.29) is 0 Å². The molecule has 0 saturated heterocycles. The molecule has 4 heteroatoms. The van der Waals surface area contributed by atoms with Crippen molar-refractivity contribution in [1.29, 1.82) is 0 Å². The first-order valence-electron chi connectivity index (χ1n) is 7.72. The molecule has 0 aliphatic heterocycles. The monoisotopic (exact) mass is 336 g/mol. The predicted molar refractivity (Wildman–Crippen MR) is 91.0 cm³/mol. The third-order valence-corrected chi connectivity index (χ3v) is 6.48. The number of hydrogen-bond donors (Lipinski definition) is 1. The standard InChI is InChI=1S/C20H13FO2S/c21-19-13-7-1-4-10-16(13)20(24(22)23,17-11-5-2-8-14(17)19)18-12-6-3-9-15(18)19/h1-12H,(H,22,23). The fourth-order valence-electron chi connectivity index (χ4n) is 4.42. The second kappa shape index (κ2) is 4.41. The summed E-state index contributed by atoms with van der Waals surface area (Å²) < 4.78 is 38.5. The molecule has 0 aromatic heterocycles. The van der Waals surface area contributed by atoms with Gasteiger partial charge in [-0.25, -0.2) is 8.60 Å². The van der Waals surface area contributed by atoms with E-state index >= 15 is 4.39 Å². The minimum Gasteiger partial charge on any atom is -0.305 e. The summed E-state index contributed by atoms with van der Waals surface area (Å²) in [6.07, 6.45) is 0. The lowest BCUT2D eigenvalue weighted by molar-refractivity contribution is 0.254. The Hall–Kier alpha value is -2.30. The van der Waals surface area contributed by atoms with Crippen LogP contribution >= 0.6 is 0 Å². The van der Waals surface area contributed by atoms with Crippen molar-refractivity contribution >= 4 is 11.1 Å². The third kappa shape index (κ3) is 1.30. The van der Waals surface area contributed by atoms with Crippen LogP contribution < -0.4 is 0 Å². The van der Waals surface area contributed by atoms with Crippen LogP contribution in [-0.4, -0.2) is 8.76 Å². The summed E-state index contributed by atoms with van der Waals surface area (Å²) >= 11 is -2.24. The maximum absolute atomic E-state index is 16.6. The van der Waals surface area contributed by atoms with Gasteiger partial charge in [-0.15, -0.1) is 0 Å². The highest BCUT2D eigenvalue weighted by atomic mass is 32.2. The average Bonchev–Trinajstić information content (AvgIpc) is 2.62. The Morgan fingerprint density at radius 2 is 0.958 bits per heavy atom. The average molecular weight is 336 g/mol. The molecule has 3 aromatic rings. The molecule has 3 aliphatic carbocycles. The smallest absolute Gasteiger partial charge is 0.187 e. The molecule has 2 bridgehead atoms. The van der Waals surface area contributed by atoms with Crippen molar-refractivity contribution in [3.05, 3.63) is 106 Å². The zero-order chi connectivity index (χ0) is 16.5. The van der Waals surface area contributed by atoms with E-state index in [4.69, 9.17) is 0 Å². The maximum Gasteiger partial charge on any atom is 0.187 e. The summed E-state index contributed by atoms with van der Waals surface area (Å²) in [5.74, 6) is 0. The fourth-order valence-corrected chi connectivity index (χ4v) is 5.52. The van der Waals surface area contributed by atoms with Crippen molar-refractivity contribution in [2.24, 2.45) is 0 Å². The van der Waals surface area contributed by atoms with Crippen molar-refractivity contribution in [3.63, 3.8) is 0 Å². The largest absolute Gasteiger partial charge is 0.305 e. The number of halogens is 1. The summed E-state index contributed by atoms with van der Waals surface area (Å²) in [6.45, 7) is 0. The van der Waals surface area contributed by atoms with Gasteiger partial charge in [-0.2, -0.15) is 0 Å². The van der Waals surface area contributed by atoms with Crippen LogP contribution in [0.4, 0.5) is 4.39 Å². The molecule has 0 amide bonds. The van der Waals surface area contributed by atoms with Crippen LogP contribution in [0.2, 0.25) is 0 Å². The van der Waals surface area contributed by atoms with Gasteiger partial charge in [0.05, 0.1) is 0 Å². The molecule has 118 valence electrons. The zero-order valence-electron chi connectivity index (χ0n) is 12.6. The van der Waals surface area contributed by atoms with Gasteiger partial charge < -0.3 is 4.55 Å². The van der Waals surface area contributed by atoms with Crippen molar-refractivity contribution in [2.45, 2.75) is 10.4 Å². The Balaban J connectivity index is 2.09. The number of hydrogen-bond acceptors (Lipinski definition) is 1. The molecule has 1 atom stereocenters. The molecule has 3 aliphatic rings. The van der Waals surface area contributed by atoms with Gasteiger partial charge in [0.2, 0.25) is 0 Å². The van der Waals surface area contributed by atoms with E-state index in [2.05, 4.69) is 0 Å². The van der Waals surface area contributed by atoms with Gasteiger partial charge in [-0.05, 0) is 16.7 Å². The summed E-state index contributed by atoms with van der Waals surface area (Å²) in [6, 6.07) is 21.2. The molecule has 1 N–H and O–H groups in total. The van der Waals surface area contributed by atoms with Crippen molar-refractivity contribution in [3.8, 4) is 0 Å². The third-order valence-electron chi connectivity index (χ3n) is 5.29.